The second-order valence-electron chi connectivity index (χ2n) is 5.88. The maximum absolute atomic E-state index is 12.2. The van der Waals surface area contributed by atoms with Crippen molar-refractivity contribution in [2.24, 2.45) is 0 Å². The molecule has 8 nitrogen and oxygen atoms in total. The number of aryl methyl sites for hydroxylation is 1. The number of aromatic amines is 1. The number of benzene rings is 1. The highest BCUT2D eigenvalue weighted by Gasteiger charge is 2.29. The lowest BCUT2D eigenvalue weighted by molar-refractivity contribution is -0.124. The van der Waals surface area contributed by atoms with Gasteiger partial charge < -0.3 is 14.8 Å². The van der Waals surface area contributed by atoms with Crippen molar-refractivity contribution in [2.45, 2.75) is 31.4 Å². The fourth-order valence-electron chi connectivity index (χ4n) is 2.67. The molecule has 2 aromatic rings. The van der Waals surface area contributed by atoms with Gasteiger partial charge in [-0.15, -0.1) is 5.10 Å². The van der Waals surface area contributed by atoms with Gasteiger partial charge in [-0.25, -0.2) is 4.98 Å². The highest BCUT2D eigenvalue weighted by Crippen LogP contribution is 2.18. The Bertz CT molecular complexity index is 786. The Kier molecular flexibility index (Phi) is 6.04. The lowest BCUT2D eigenvalue weighted by Crippen LogP contribution is -2.51. The highest BCUT2D eigenvalue weighted by atomic mass is 35.5. The van der Waals surface area contributed by atoms with E-state index in [0.29, 0.717) is 43.2 Å². The summed E-state index contributed by atoms with van der Waals surface area (Å²) in [5.41, 5.74) is 0.564. The molecule has 1 aromatic heterocycles. The van der Waals surface area contributed by atoms with Crippen LogP contribution in [0.2, 0.25) is 5.28 Å². The smallest absolute Gasteiger partial charge is 0.242 e. The fraction of sp³-hybridized carbons (Fsp3) is 0.412. The number of carbonyl (C=O) groups is 1. The molecule has 1 amide bonds. The van der Waals surface area contributed by atoms with Crippen LogP contribution in [0, 0.1) is 11.3 Å². The van der Waals surface area contributed by atoms with E-state index in [1.165, 1.54) is 0 Å². The second kappa shape index (κ2) is 8.65. The molecule has 3 rings (SSSR count). The molecule has 136 valence electrons. The molecule has 1 aromatic carbocycles. The Balaban J connectivity index is 1.54. The van der Waals surface area contributed by atoms with Crippen molar-refractivity contribution >= 4 is 17.5 Å². The van der Waals surface area contributed by atoms with E-state index in [2.05, 4.69) is 26.6 Å². The number of rotatable bonds is 6. The van der Waals surface area contributed by atoms with Gasteiger partial charge in [0.15, 0.2) is 0 Å². The molecule has 26 heavy (non-hydrogen) atoms. The van der Waals surface area contributed by atoms with Gasteiger partial charge in [0.05, 0.1) is 24.3 Å². The third-order valence-electron chi connectivity index (χ3n) is 4.01. The van der Waals surface area contributed by atoms with Gasteiger partial charge >= 0.3 is 0 Å². The Morgan fingerprint density at radius 2 is 2.27 bits per heavy atom. The average Bonchev–Trinajstić information content (AvgIpc) is 3.08. The van der Waals surface area contributed by atoms with Gasteiger partial charge in [-0.2, -0.15) is 5.26 Å². The minimum atomic E-state index is -0.291. The minimum Gasteiger partial charge on any atom is -0.486 e. The van der Waals surface area contributed by atoms with E-state index >= 15 is 0 Å². The van der Waals surface area contributed by atoms with Crippen molar-refractivity contribution in [3.05, 3.63) is 40.9 Å². The summed E-state index contributed by atoms with van der Waals surface area (Å²) in [5.74, 6) is 1.11. The van der Waals surface area contributed by atoms with E-state index in [0.717, 1.165) is 0 Å². The zero-order valence-corrected chi connectivity index (χ0v) is 14.7. The van der Waals surface area contributed by atoms with Gasteiger partial charge in [0.25, 0.3) is 0 Å². The molecule has 2 heterocycles. The van der Waals surface area contributed by atoms with Crippen molar-refractivity contribution in [1.29, 1.82) is 5.26 Å². The number of carbonyl (C=O) groups excluding carboxylic acids is 1. The van der Waals surface area contributed by atoms with Crippen molar-refractivity contribution in [3.8, 4) is 11.8 Å². The van der Waals surface area contributed by atoms with Crippen LogP contribution < -0.4 is 10.1 Å². The number of hydrogen-bond acceptors (Lipinski definition) is 6. The summed E-state index contributed by atoms with van der Waals surface area (Å²) in [4.78, 5) is 16.2. The maximum atomic E-state index is 12.2. The van der Waals surface area contributed by atoms with Crippen LogP contribution in [0.1, 0.15) is 24.2 Å². The largest absolute Gasteiger partial charge is 0.486 e. The van der Waals surface area contributed by atoms with Crippen molar-refractivity contribution in [2.75, 3.05) is 13.2 Å². The maximum Gasteiger partial charge on any atom is 0.242 e. The Morgan fingerprint density at radius 3 is 2.96 bits per heavy atom. The summed E-state index contributed by atoms with van der Waals surface area (Å²) in [6, 6.07) is 8.77. The van der Waals surface area contributed by atoms with Crippen LogP contribution in [-0.2, 0) is 16.0 Å². The molecule has 0 unspecified atom stereocenters. The molecule has 2 atom stereocenters. The molecule has 0 radical (unpaired) electrons. The first kappa shape index (κ1) is 18.2. The van der Waals surface area contributed by atoms with Crippen LogP contribution in [0.25, 0.3) is 0 Å². The van der Waals surface area contributed by atoms with Gasteiger partial charge in [-0.1, -0.05) is 0 Å². The fourth-order valence-corrected chi connectivity index (χ4v) is 2.81. The summed E-state index contributed by atoms with van der Waals surface area (Å²) in [7, 11) is 0. The molecule has 2 N–H and O–H groups in total. The number of H-pyrrole nitrogens is 1. The molecule has 0 bridgehead atoms. The second-order valence-corrected chi connectivity index (χ2v) is 6.22. The summed E-state index contributed by atoms with van der Waals surface area (Å²) >= 11 is 5.64. The first-order chi connectivity index (χ1) is 12.6. The lowest BCUT2D eigenvalue weighted by atomic mass is 10.1. The first-order valence-corrected chi connectivity index (χ1v) is 8.62. The molecule has 1 aliphatic rings. The van der Waals surface area contributed by atoms with Crippen LogP contribution in [0.5, 0.6) is 5.75 Å². The average molecular weight is 376 g/mol. The summed E-state index contributed by atoms with van der Waals surface area (Å²) < 4.78 is 11.4. The van der Waals surface area contributed by atoms with Gasteiger partial charge in [0.2, 0.25) is 11.2 Å². The van der Waals surface area contributed by atoms with E-state index in [9.17, 15) is 4.79 Å². The van der Waals surface area contributed by atoms with Crippen molar-refractivity contribution in [3.63, 3.8) is 0 Å². The third kappa shape index (κ3) is 4.94. The molecular formula is C17H18ClN5O3. The molecule has 1 fully saturated rings. The Labute approximate surface area is 155 Å². The predicted octanol–water partition coefficient (Wildman–Crippen LogP) is 1.62. The van der Waals surface area contributed by atoms with Gasteiger partial charge in [-0.05, 0) is 42.3 Å². The van der Waals surface area contributed by atoms with Crippen LogP contribution in [0.4, 0.5) is 0 Å². The molecule has 0 saturated carbocycles. The number of hydrogen-bond donors (Lipinski definition) is 2. The zero-order chi connectivity index (χ0) is 18.4. The van der Waals surface area contributed by atoms with Gasteiger partial charge in [0, 0.05) is 19.4 Å². The summed E-state index contributed by atoms with van der Waals surface area (Å²) in [6.45, 7) is 0.957. The number of ether oxygens (including phenoxy) is 2. The number of nitriles is 1. The molecule has 1 aliphatic heterocycles. The molecule has 1 saturated heterocycles. The number of halogens is 1. The van der Waals surface area contributed by atoms with Crippen LogP contribution >= 0.6 is 11.6 Å². The lowest BCUT2D eigenvalue weighted by Gasteiger charge is -2.32. The van der Waals surface area contributed by atoms with E-state index in [-0.39, 0.29) is 29.8 Å². The monoisotopic (exact) mass is 375 g/mol. The van der Waals surface area contributed by atoms with Crippen LogP contribution in [0.3, 0.4) is 0 Å². The molecule has 0 aliphatic carbocycles. The minimum absolute atomic E-state index is 0.0992. The SMILES string of the molecule is N#Cc1ccc(O[C@@H]2COCC[C@H]2NC(=O)CCc2nc(Cl)n[nH]2)cc1. The highest BCUT2D eigenvalue weighted by molar-refractivity contribution is 6.28. The van der Waals surface area contributed by atoms with E-state index < -0.39 is 0 Å². The zero-order valence-electron chi connectivity index (χ0n) is 13.9. The molecular weight excluding hydrogens is 358 g/mol. The van der Waals surface area contributed by atoms with Gasteiger partial charge in [-0.3, -0.25) is 9.89 Å². The predicted molar refractivity (Wildman–Crippen MR) is 92.7 cm³/mol. The number of amides is 1. The first-order valence-electron chi connectivity index (χ1n) is 8.25. The standard InChI is InChI=1S/C17H18ClN5O3/c18-17-21-15(22-23-17)5-6-16(24)20-13-7-8-25-10-14(13)26-12-3-1-11(9-19)2-4-12/h1-4,13-14H,5-8,10H2,(H,20,24)(H,21,22,23)/t13-,14-/m1/s1. The number of aromatic nitrogens is 3. The van der Waals surface area contributed by atoms with Crippen LogP contribution in [0.15, 0.2) is 24.3 Å². The summed E-state index contributed by atoms with van der Waals surface area (Å²) in [6.07, 6.45) is 1.07. The molecule has 0 spiro atoms. The summed E-state index contributed by atoms with van der Waals surface area (Å²) in [5, 5.41) is 18.4. The van der Waals surface area contributed by atoms with E-state index in [4.69, 9.17) is 26.3 Å². The quantitative estimate of drug-likeness (QED) is 0.793. The number of nitrogens with one attached hydrogen (secondary N) is 2. The molecule has 9 heteroatoms. The Morgan fingerprint density at radius 1 is 1.46 bits per heavy atom. The van der Waals surface area contributed by atoms with Crippen molar-refractivity contribution in [1.82, 2.24) is 20.5 Å². The topological polar surface area (TPSA) is 113 Å². The van der Waals surface area contributed by atoms with E-state index in [1.807, 2.05) is 0 Å². The van der Waals surface area contributed by atoms with Crippen molar-refractivity contribution < 1.29 is 14.3 Å². The third-order valence-corrected chi connectivity index (χ3v) is 4.18. The van der Waals surface area contributed by atoms with Crippen LogP contribution in [-0.4, -0.2) is 46.4 Å². The normalized spacial score (nSPS) is 19.5. The van der Waals surface area contributed by atoms with Gasteiger partial charge in [0.1, 0.15) is 17.7 Å². The van der Waals surface area contributed by atoms with E-state index in [1.54, 1.807) is 24.3 Å². The number of nitrogens with zero attached hydrogens (tertiary/aromatic N) is 3. The Hall–Kier alpha value is -2.63.